The molecule has 0 aliphatic carbocycles. The topological polar surface area (TPSA) is 82.7 Å². The molecule has 2 aliphatic heterocycles. The van der Waals surface area contributed by atoms with Crippen LogP contribution in [0.3, 0.4) is 0 Å². The lowest BCUT2D eigenvalue weighted by Gasteiger charge is -2.44. The van der Waals surface area contributed by atoms with E-state index in [0.717, 1.165) is 69.1 Å². The Kier molecular flexibility index (Phi) is 5.64. The molecule has 7 heteroatoms. The van der Waals surface area contributed by atoms with E-state index >= 15 is 0 Å². The summed E-state index contributed by atoms with van der Waals surface area (Å²) in [6.07, 6.45) is 5.57. The van der Waals surface area contributed by atoms with E-state index in [1.807, 2.05) is 30.5 Å². The summed E-state index contributed by atoms with van der Waals surface area (Å²) in [7, 11) is 1.66. The van der Waals surface area contributed by atoms with E-state index in [1.165, 1.54) is 5.56 Å². The second-order valence-electron chi connectivity index (χ2n) is 7.39. The summed E-state index contributed by atoms with van der Waals surface area (Å²) < 4.78 is 17.4. The fraction of sp³-hybridized carbons (Fsp3) is 0.524. The van der Waals surface area contributed by atoms with Gasteiger partial charge in [-0.05, 0) is 43.4 Å². The second kappa shape index (κ2) is 8.32. The van der Waals surface area contributed by atoms with E-state index in [0.29, 0.717) is 12.6 Å². The molecule has 1 spiro atoms. The summed E-state index contributed by atoms with van der Waals surface area (Å²) in [5, 5.41) is 0. The van der Waals surface area contributed by atoms with E-state index in [2.05, 4.69) is 14.9 Å². The SMILES string of the molecule is COc1ccccc1OCCCN1CCC2(CC1)OCCc1cnc(N)nc12. The third-order valence-corrected chi connectivity index (χ3v) is 5.67. The monoisotopic (exact) mass is 384 g/mol. The predicted molar refractivity (Wildman–Crippen MR) is 107 cm³/mol. The van der Waals surface area contributed by atoms with Crippen molar-refractivity contribution < 1.29 is 14.2 Å². The van der Waals surface area contributed by atoms with Crippen molar-refractivity contribution in [2.24, 2.45) is 0 Å². The number of nitrogens with zero attached hydrogens (tertiary/aromatic N) is 3. The Morgan fingerprint density at radius 1 is 1.21 bits per heavy atom. The molecule has 4 rings (SSSR count). The van der Waals surface area contributed by atoms with Gasteiger partial charge >= 0.3 is 0 Å². The quantitative estimate of drug-likeness (QED) is 0.766. The number of rotatable bonds is 6. The number of anilines is 1. The lowest BCUT2D eigenvalue weighted by molar-refractivity contribution is -0.101. The number of methoxy groups -OCH3 is 1. The van der Waals surface area contributed by atoms with E-state index in [1.54, 1.807) is 7.11 Å². The smallest absolute Gasteiger partial charge is 0.220 e. The normalized spacial score (nSPS) is 18.6. The number of para-hydroxylation sites is 2. The Morgan fingerprint density at radius 2 is 2.00 bits per heavy atom. The minimum Gasteiger partial charge on any atom is -0.493 e. The maximum atomic E-state index is 6.23. The summed E-state index contributed by atoms with van der Waals surface area (Å²) >= 11 is 0. The fourth-order valence-corrected chi connectivity index (χ4v) is 4.15. The van der Waals surface area contributed by atoms with Gasteiger partial charge in [0.15, 0.2) is 11.5 Å². The summed E-state index contributed by atoms with van der Waals surface area (Å²) in [5.41, 5.74) is 7.73. The lowest BCUT2D eigenvalue weighted by atomic mass is 9.83. The summed E-state index contributed by atoms with van der Waals surface area (Å²) in [4.78, 5) is 11.2. The molecule has 28 heavy (non-hydrogen) atoms. The van der Waals surface area contributed by atoms with Gasteiger partial charge < -0.3 is 24.8 Å². The van der Waals surface area contributed by atoms with Crippen LogP contribution in [0, 0.1) is 0 Å². The predicted octanol–water partition coefficient (Wildman–Crippen LogP) is 2.40. The minimum atomic E-state index is -0.297. The van der Waals surface area contributed by atoms with Gasteiger partial charge in [-0.25, -0.2) is 9.97 Å². The van der Waals surface area contributed by atoms with Crippen LogP contribution in [-0.4, -0.2) is 54.8 Å². The van der Waals surface area contributed by atoms with Gasteiger partial charge in [-0.2, -0.15) is 0 Å². The fourth-order valence-electron chi connectivity index (χ4n) is 4.15. The van der Waals surface area contributed by atoms with Crippen molar-refractivity contribution in [3.63, 3.8) is 0 Å². The highest BCUT2D eigenvalue weighted by Crippen LogP contribution is 2.40. The molecule has 0 bridgehead atoms. The van der Waals surface area contributed by atoms with Gasteiger partial charge in [-0.15, -0.1) is 0 Å². The molecule has 1 aromatic carbocycles. The standard InChI is InChI=1S/C21H28N4O3/c1-26-17-5-2-3-6-18(17)27-13-4-10-25-11-8-21(9-12-25)19-16(7-14-28-21)15-23-20(22)24-19/h2-3,5-6,15H,4,7-14H2,1H3,(H2,22,23,24). The zero-order valence-electron chi connectivity index (χ0n) is 16.4. The van der Waals surface area contributed by atoms with E-state index in [4.69, 9.17) is 19.9 Å². The molecule has 2 N–H and O–H groups in total. The second-order valence-corrected chi connectivity index (χ2v) is 7.39. The van der Waals surface area contributed by atoms with Crippen molar-refractivity contribution in [3.8, 4) is 11.5 Å². The first kappa shape index (κ1) is 19.0. The van der Waals surface area contributed by atoms with Crippen LogP contribution in [0.15, 0.2) is 30.5 Å². The van der Waals surface area contributed by atoms with Crippen LogP contribution in [-0.2, 0) is 16.8 Å². The number of aromatic nitrogens is 2. The van der Waals surface area contributed by atoms with Crippen LogP contribution in [0.5, 0.6) is 11.5 Å². The van der Waals surface area contributed by atoms with Crippen LogP contribution in [0.2, 0.25) is 0 Å². The number of ether oxygens (including phenoxy) is 3. The van der Waals surface area contributed by atoms with Gasteiger partial charge in [0.1, 0.15) is 5.60 Å². The number of likely N-dealkylation sites (tertiary alicyclic amines) is 1. The lowest BCUT2D eigenvalue weighted by Crippen LogP contribution is -2.47. The van der Waals surface area contributed by atoms with Gasteiger partial charge in [0.05, 0.1) is 26.0 Å². The van der Waals surface area contributed by atoms with Crippen LogP contribution >= 0.6 is 0 Å². The highest BCUT2D eigenvalue weighted by atomic mass is 16.5. The van der Waals surface area contributed by atoms with Crippen molar-refractivity contribution >= 4 is 5.95 Å². The summed E-state index contributed by atoms with van der Waals surface area (Å²) in [5.74, 6) is 1.91. The summed E-state index contributed by atoms with van der Waals surface area (Å²) in [6, 6.07) is 7.76. The Hall–Kier alpha value is -2.38. The molecule has 150 valence electrons. The molecular formula is C21H28N4O3. The Labute approximate surface area is 165 Å². The largest absolute Gasteiger partial charge is 0.493 e. The average molecular weight is 384 g/mol. The zero-order valence-corrected chi connectivity index (χ0v) is 16.4. The van der Waals surface area contributed by atoms with Crippen molar-refractivity contribution in [1.82, 2.24) is 14.9 Å². The average Bonchev–Trinajstić information content (AvgIpc) is 2.73. The Balaban J connectivity index is 1.28. The molecule has 0 amide bonds. The summed E-state index contributed by atoms with van der Waals surface area (Å²) in [6.45, 7) is 4.37. The Bertz CT molecular complexity index is 806. The van der Waals surface area contributed by atoms with Crippen molar-refractivity contribution in [3.05, 3.63) is 41.7 Å². The number of nitrogen functional groups attached to an aromatic ring is 1. The van der Waals surface area contributed by atoms with Gasteiger partial charge in [0.25, 0.3) is 0 Å². The number of hydrogen-bond donors (Lipinski definition) is 1. The molecule has 0 atom stereocenters. The van der Waals surface area contributed by atoms with Crippen LogP contribution in [0.1, 0.15) is 30.5 Å². The first-order valence-electron chi connectivity index (χ1n) is 9.94. The number of piperidine rings is 1. The number of nitrogens with two attached hydrogens (primary N) is 1. The molecule has 1 aromatic heterocycles. The Morgan fingerprint density at radius 3 is 2.79 bits per heavy atom. The van der Waals surface area contributed by atoms with E-state index < -0.39 is 0 Å². The highest BCUT2D eigenvalue weighted by molar-refractivity contribution is 5.39. The van der Waals surface area contributed by atoms with Crippen molar-refractivity contribution in [2.75, 3.05) is 45.7 Å². The number of benzene rings is 1. The molecule has 0 unspecified atom stereocenters. The molecule has 0 saturated carbocycles. The van der Waals surface area contributed by atoms with Gasteiger partial charge in [0, 0.05) is 25.8 Å². The van der Waals surface area contributed by atoms with Gasteiger partial charge in [0.2, 0.25) is 5.95 Å². The molecule has 2 aliphatic rings. The first-order chi connectivity index (χ1) is 13.7. The zero-order chi connectivity index (χ0) is 19.4. The molecule has 0 radical (unpaired) electrons. The van der Waals surface area contributed by atoms with Crippen LogP contribution in [0.25, 0.3) is 0 Å². The van der Waals surface area contributed by atoms with Crippen molar-refractivity contribution in [2.45, 2.75) is 31.3 Å². The van der Waals surface area contributed by atoms with E-state index in [-0.39, 0.29) is 5.60 Å². The third kappa shape index (κ3) is 3.91. The first-order valence-corrected chi connectivity index (χ1v) is 9.94. The molecular weight excluding hydrogens is 356 g/mol. The number of hydrogen-bond acceptors (Lipinski definition) is 7. The minimum absolute atomic E-state index is 0.297. The number of fused-ring (bicyclic) bond motifs is 2. The maximum absolute atomic E-state index is 6.23. The molecule has 1 saturated heterocycles. The molecule has 2 aromatic rings. The highest BCUT2D eigenvalue weighted by Gasteiger charge is 2.42. The van der Waals surface area contributed by atoms with E-state index in [9.17, 15) is 0 Å². The third-order valence-electron chi connectivity index (χ3n) is 5.67. The van der Waals surface area contributed by atoms with Crippen LogP contribution in [0.4, 0.5) is 5.95 Å². The maximum Gasteiger partial charge on any atom is 0.220 e. The van der Waals surface area contributed by atoms with Crippen LogP contribution < -0.4 is 15.2 Å². The molecule has 1 fully saturated rings. The van der Waals surface area contributed by atoms with Crippen molar-refractivity contribution in [1.29, 1.82) is 0 Å². The molecule has 3 heterocycles. The molecule has 7 nitrogen and oxygen atoms in total. The van der Waals surface area contributed by atoms with Gasteiger partial charge in [-0.3, -0.25) is 0 Å². The van der Waals surface area contributed by atoms with Gasteiger partial charge in [-0.1, -0.05) is 12.1 Å².